The number of hydrogen-bond acceptors (Lipinski definition) is 5. The fourth-order valence-corrected chi connectivity index (χ4v) is 2.86. The van der Waals surface area contributed by atoms with Crippen LogP contribution in [0.1, 0.15) is 5.82 Å². The van der Waals surface area contributed by atoms with E-state index in [2.05, 4.69) is 21.6 Å². The first-order valence-corrected chi connectivity index (χ1v) is 6.26. The molecule has 0 unspecified atom stereocenters. The Hall–Kier alpha value is -0.590. The highest BCUT2D eigenvalue weighted by molar-refractivity contribution is 8.00. The van der Waals surface area contributed by atoms with Crippen LogP contribution < -0.4 is 0 Å². The third-order valence-electron chi connectivity index (χ3n) is 1.76. The van der Waals surface area contributed by atoms with E-state index < -0.39 is 0 Å². The molecule has 3 nitrogen and oxygen atoms in total. The van der Waals surface area contributed by atoms with Crippen molar-refractivity contribution in [1.82, 2.24) is 14.8 Å². The molecule has 2 rings (SSSR count). The van der Waals surface area contributed by atoms with Crippen molar-refractivity contribution in [3.05, 3.63) is 23.3 Å². The van der Waals surface area contributed by atoms with Crippen molar-refractivity contribution < 1.29 is 0 Å². The quantitative estimate of drug-likeness (QED) is 0.609. The normalized spacial score (nSPS) is 10.6. The van der Waals surface area contributed by atoms with Crippen LogP contribution in [-0.4, -0.2) is 14.8 Å². The number of thioether (sulfide) groups is 1. The van der Waals surface area contributed by atoms with Crippen LogP contribution >= 0.6 is 23.1 Å². The number of thiophene rings is 1. The monoisotopic (exact) mass is 242 g/mol. The van der Waals surface area contributed by atoms with Crippen LogP contribution in [0.4, 0.5) is 0 Å². The van der Waals surface area contributed by atoms with Crippen molar-refractivity contribution in [3.8, 4) is 0 Å². The van der Waals surface area contributed by atoms with Gasteiger partial charge in [-0.05, 0) is 11.4 Å². The van der Waals surface area contributed by atoms with E-state index in [-0.39, 0.29) is 0 Å². The van der Waals surface area contributed by atoms with Crippen LogP contribution in [-0.2, 0) is 25.4 Å². The van der Waals surface area contributed by atoms with E-state index in [1.54, 1.807) is 23.1 Å². The summed E-state index contributed by atoms with van der Waals surface area (Å²) in [6.07, 6.45) is 0. The maximum absolute atomic E-state index is 4.97. The summed E-state index contributed by atoms with van der Waals surface area (Å²) in [6.45, 7) is 0. The minimum atomic E-state index is 0.548. The molecule has 0 radical (unpaired) electrons. The minimum absolute atomic E-state index is 0.548. The molecule has 2 heterocycles. The molecule has 0 saturated carbocycles. The summed E-state index contributed by atoms with van der Waals surface area (Å²) in [5.74, 6) is 1.74. The fourth-order valence-electron chi connectivity index (χ4n) is 0.952. The Morgan fingerprint density at radius 3 is 3.00 bits per heavy atom. The summed E-state index contributed by atoms with van der Waals surface area (Å²) in [6, 6.07) is 4.14. The lowest BCUT2D eigenvalue weighted by molar-refractivity contribution is 0.764. The summed E-state index contributed by atoms with van der Waals surface area (Å²) in [5, 5.41) is 10.5. The zero-order chi connectivity index (χ0) is 9.97. The molecule has 0 spiro atoms. The smallest absolute Gasteiger partial charge is 0.141 e. The molecule has 6 heteroatoms. The highest BCUT2D eigenvalue weighted by Gasteiger charge is 2.02. The number of aromatic nitrogens is 3. The molecule has 2 aromatic rings. The molecule has 0 aliphatic heterocycles. The Morgan fingerprint density at radius 1 is 1.57 bits per heavy atom. The van der Waals surface area contributed by atoms with E-state index >= 15 is 0 Å². The lowest BCUT2D eigenvalue weighted by Gasteiger charge is -2.04. The van der Waals surface area contributed by atoms with Gasteiger partial charge in [0.05, 0.1) is 9.96 Å². The van der Waals surface area contributed by atoms with Gasteiger partial charge >= 0.3 is 0 Å². The number of nitrogens with zero attached hydrogens (tertiary/aromatic N) is 3. The zero-order valence-electron chi connectivity index (χ0n) is 7.51. The van der Waals surface area contributed by atoms with Crippen molar-refractivity contribution in [2.24, 2.45) is 7.05 Å². The first kappa shape index (κ1) is 9.95. The van der Waals surface area contributed by atoms with Gasteiger partial charge in [-0.3, -0.25) is 0 Å². The number of hydrogen-bond donors (Lipinski definition) is 0. The van der Waals surface area contributed by atoms with Crippen molar-refractivity contribution >= 4 is 35.7 Å². The topological polar surface area (TPSA) is 30.7 Å². The first-order valence-electron chi connectivity index (χ1n) is 3.99. The molecular weight excluding hydrogens is 234 g/mol. The van der Waals surface area contributed by atoms with Crippen LogP contribution in [0, 0.1) is 0 Å². The lowest BCUT2D eigenvalue weighted by Crippen LogP contribution is -1.96. The standard InChI is InChI=1S/C8H9N3S3/c1-11-6(9-10-8(11)12)5-14-7-3-2-4-13-7/h2-4H,5H2,1H3,(H,10,12)/p-1. The van der Waals surface area contributed by atoms with E-state index in [1.165, 1.54) is 4.21 Å². The molecule has 74 valence electrons. The molecule has 2 aromatic heterocycles. The molecule has 0 atom stereocenters. The summed E-state index contributed by atoms with van der Waals surface area (Å²) in [5.41, 5.74) is 0. The molecule has 0 aliphatic rings. The average molecular weight is 242 g/mol. The molecule has 0 bridgehead atoms. The highest BCUT2D eigenvalue weighted by atomic mass is 32.2. The summed E-state index contributed by atoms with van der Waals surface area (Å²) < 4.78 is 3.13. The first-order chi connectivity index (χ1) is 6.77. The van der Waals surface area contributed by atoms with E-state index in [9.17, 15) is 0 Å². The predicted octanol–water partition coefficient (Wildman–Crippen LogP) is 2.07. The summed E-state index contributed by atoms with van der Waals surface area (Å²) >= 11 is 8.46. The van der Waals surface area contributed by atoms with Crippen LogP contribution in [0.15, 0.2) is 26.9 Å². The van der Waals surface area contributed by atoms with E-state index in [4.69, 9.17) is 12.6 Å². The van der Waals surface area contributed by atoms with Gasteiger partial charge in [0.15, 0.2) is 0 Å². The Kier molecular flexibility index (Phi) is 3.05. The predicted molar refractivity (Wildman–Crippen MR) is 60.5 cm³/mol. The van der Waals surface area contributed by atoms with E-state index in [1.807, 2.05) is 17.7 Å². The molecule has 0 fully saturated rings. The molecule has 0 amide bonds. The van der Waals surface area contributed by atoms with Gasteiger partial charge in [-0.25, -0.2) is 0 Å². The zero-order valence-corrected chi connectivity index (χ0v) is 9.96. The van der Waals surface area contributed by atoms with Crippen LogP contribution in [0.25, 0.3) is 0 Å². The maximum Gasteiger partial charge on any atom is 0.141 e. The van der Waals surface area contributed by atoms with Gasteiger partial charge in [0.1, 0.15) is 5.82 Å². The molecule has 0 aromatic carbocycles. The molecular formula is C8H8N3S3-. The summed E-state index contributed by atoms with van der Waals surface area (Å²) in [7, 11) is 1.90. The largest absolute Gasteiger partial charge is 0.740 e. The molecule has 0 N–H and O–H groups in total. The Balaban J connectivity index is 2.02. The Labute approximate surface area is 96.0 Å². The maximum atomic E-state index is 4.97. The van der Waals surface area contributed by atoms with Gasteiger partial charge in [0, 0.05) is 12.2 Å². The SMILES string of the molecule is Cn1c([S-])nnc1CSc1cccs1. The average Bonchev–Trinajstić information content (AvgIpc) is 2.77. The minimum Gasteiger partial charge on any atom is -0.740 e. The van der Waals surface area contributed by atoms with Gasteiger partial charge in [0.2, 0.25) is 0 Å². The van der Waals surface area contributed by atoms with Gasteiger partial charge < -0.3 is 17.2 Å². The lowest BCUT2D eigenvalue weighted by atomic mass is 10.7. The second kappa shape index (κ2) is 4.29. The van der Waals surface area contributed by atoms with Gasteiger partial charge in [-0.1, -0.05) is 6.07 Å². The molecule has 0 saturated heterocycles. The Morgan fingerprint density at radius 2 is 2.43 bits per heavy atom. The second-order valence-electron chi connectivity index (χ2n) is 2.68. The van der Waals surface area contributed by atoms with E-state index in [0.717, 1.165) is 11.6 Å². The molecule has 14 heavy (non-hydrogen) atoms. The molecule has 0 aliphatic carbocycles. The van der Waals surface area contributed by atoms with Crippen molar-refractivity contribution in [3.63, 3.8) is 0 Å². The van der Waals surface area contributed by atoms with E-state index in [0.29, 0.717) is 5.16 Å². The van der Waals surface area contributed by atoms with Gasteiger partial charge in [-0.15, -0.1) is 28.2 Å². The highest BCUT2D eigenvalue weighted by Crippen LogP contribution is 2.26. The van der Waals surface area contributed by atoms with Crippen LogP contribution in [0.5, 0.6) is 0 Å². The van der Waals surface area contributed by atoms with Gasteiger partial charge in [-0.2, -0.15) is 5.10 Å². The van der Waals surface area contributed by atoms with Crippen molar-refractivity contribution in [2.45, 2.75) is 15.1 Å². The fraction of sp³-hybridized carbons (Fsp3) is 0.250. The Bertz CT molecular complexity index is 407. The van der Waals surface area contributed by atoms with Gasteiger partial charge in [0.25, 0.3) is 0 Å². The van der Waals surface area contributed by atoms with Crippen molar-refractivity contribution in [2.75, 3.05) is 0 Å². The van der Waals surface area contributed by atoms with Crippen LogP contribution in [0.2, 0.25) is 0 Å². The van der Waals surface area contributed by atoms with Crippen LogP contribution in [0.3, 0.4) is 0 Å². The van der Waals surface area contributed by atoms with Crippen molar-refractivity contribution in [1.29, 1.82) is 0 Å². The third-order valence-corrected chi connectivity index (χ3v) is 4.25. The second-order valence-corrected chi connectivity index (χ2v) is 5.27. The summed E-state index contributed by atoms with van der Waals surface area (Å²) in [4.78, 5) is 0. The third kappa shape index (κ3) is 2.08. The number of rotatable bonds is 3.